The van der Waals surface area contributed by atoms with Crippen LogP contribution in [0.5, 0.6) is 0 Å². The van der Waals surface area contributed by atoms with Gasteiger partial charge in [0, 0.05) is 17.0 Å². The second kappa shape index (κ2) is 5.26. The first-order valence-corrected chi connectivity index (χ1v) is 6.17. The first kappa shape index (κ1) is 14.9. The molecule has 0 atom stereocenters. The summed E-state index contributed by atoms with van der Waals surface area (Å²) in [6, 6.07) is 6.70. The molecule has 0 saturated carbocycles. The first-order chi connectivity index (χ1) is 8.18. The Balaban J connectivity index is 2.93. The quantitative estimate of drug-likeness (QED) is 0.905. The van der Waals surface area contributed by atoms with Gasteiger partial charge >= 0.3 is 0 Å². The van der Waals surface area contributed by atoms with Crippen LogP contribution >= 0.6 is 11.6 Å². The maximum atomic E-state index is 13.8. The fourth-order valence-corrected chi connectivity index (χ4v) is 1.76. The maximum Gasteiger partial charge on any atom is 0.127 e. The zero-order chi connectivity index (χ0) is 14.0. The number of benzene rings is 1. The van der Waals surface area contributed by atoms with E-state index in [4.69, 9.17) is 16.9 Å². The van der Waals surface area contributed by atoms with Crippen molar-refractivity contribution in [1.82, 2.24) is 5.32 Å². The molecule has 1 aromatic carbocycles. The Hall–Kier alpha value is -1.11. The number of nitrogens with zero attached hydrogens (tertiary/aromatic N) is 1. The topological polar surface area (TPSA) is 35.8 Å². The van der Waals surface area contributed by atoms with Crippen LogP contribution in [-0.2, 0) is 5.41 Å². The number of rotatable bonds is 4. The van der Waals surface area contributed by atoms with Crippen molar-refractivity contribution in [3.8, 4) is 6.07 Å². The Labute approximate surface area is 113 Å². The van der Waals surface area contributed by atoms with Gasteiger partial charge in [-0.15, -0.1) is 0 Å². The van der Waals surface area contributed by atoms with Gasteiger partial charge < -0.3 is 0 Å². The van der Waals surface area contributed by atoms with Crippen LogP contribution in [0.1, 0.15) is 33.3 Å². The molecule has 2 nitrogen and oxygen atoms in total. The first-order valence-electron chi connectivity index (χ1n) is 5.80. The van der Waals surface area contributed by atoms with Gasteiger partial charge in [-0.05, 0) is 37.6 Å². The highest BCUT2D eigenvalue weighted by molar-refractivity contribution is 6.30. The van der Waals surface area contributed by atoms with Crippen LogP contribution in [0.15, 0.2) is 18.2 Å². The zero-order valence-electron chi connectivity index (χ0n) is 11.1. The van der Waals surface area contributed by atoms with E-state index in [2.05, 4.69) is 11.4 Å². The predicted molar refractivity (Wildman–Crippen MR) is 72.1 cm³/mol. The summed E-state index contributed by atoms with van der Waals surface area (Å²) in [6.45, 7) is 7.91. The summed E-state index contributed by atoms with van der Waals surface area (Å²) in [7, 11) is 0. The number of halogens is 2. The molecule has 1 rings (SSSR count). The van der Waals surface area contributed by atoms with Gasteiger partial charge in [-0.1, -0.05) is 25.4 Å². The molecule has 0 saturated heterocycles. The lowest BCUT2D eigenvalue weighted by atomic mass is 9.83. The zero-order valence-corrected chi connectivity index (χ0v) is 11.9. The number of hydrogen-bond donors (Lipinski definition) is 1. The molecule has 0 fully saturated rings. The van der Waals surface area contributed by atoms with E-state index in [-0.39, 0.29) is 5.82 Å². The number of nitrogens with one attached hydrogen (secondary N) is 1. The van der Waals surface area contributed by atoms with E-state index < -0.39 is 11.0 Å². The Morgan fingerprint density at radius 1 is 1.33 bits per heavy atom. The molecule has 0 unspecified atom stereocenters. The molecule has 0 spiro atoms. The Bertz CT molecular complexity index is 475. The van der Waals surface area contributed by atoms with E-state index in [1.54, 1.807) is 19.9 Å². The highest BCUT2D eigenvalue weighted by Gasteiger charge is 2.27. The van der Waals surface area contributed by atoms with Gasteiger partial charge in [-0.2, -0.15) is 5.26 Å². The molecule has 1 N–H and O–H groups in total. The van der Waals surface area contributed by atoms with Gasteiger partial charge in [-0.3, -0.25) is 5.32 Å². The third-order valence-electron chi connectivity index (χ3n) is 2.91. The SMILES string of the molecule is CC(C)(C#N)NCC(C)(C)c1cc(Cl)ccc1F. The van der Waals surface area contributed by atoms with Crippen LogP contribution in [0, 0.1) is 17.1 Å². The Morgan fingerprint density at radius 2 is 1.94 bits per heavy atom. The average Bonchev–Trinajstić information content (AvgIpc) is 2.30. The lowest BCUT2D eigenvalue weighted by molar-refractivity contribution is 0.387. The van der Waals surface area contributed by atoms with Crippen molar-refractivity contribution in [2.45, 2.75) is 38.6 Å². The van der Waals surface area contributed by atoms with Gasteiger partial charge in [0.05, 0.1) is 6.07 Å². The molecule has 4 heteroatoms. The number of hydrogen-bond acceptors (Lipinski definition) is 2. The third-order valence-corrected chi connectivity index (χ3v) is 3.14. The average molecular weight is 269 g/mol. The third kappa shape index (κ3) is 3.69. The second-order valence-electron chi connectivity index (χ2n) is 5.60. The highest BCUT2D eigenvalue weighted by Crippen LogP contribution is 2.28. The minimum absolute atomic E-state index is 0.277. The largest absolute Gasteiger partial charge is 0.299 e. The van der Waals surface area contributed by atoms with Crippen LogP contribution in [-0.4, -0.2) is 12.1 Å². The lowest BCUT2D eigenvalue weighted by Crippen LogP contribution is -2.45. The molecule has 0 aliphatic heterocycles. The molecule has 18 heavy (non-hydrogen) atoms. The fraction of sp³-hybridized carbons (Fsp3) is 0.500. The lowest BCUT2D eigenvalue weighted by Gasteiger charge is -2.30. The fourth-order valence-electron chi connectivity index (χ4n) is 1.59. The molecule has 0 aromatic heterocycles. The monoisotopic (exact) mass is 268 g/mol. The molecule has 0 amide bonds. The van der Waals surface area contributed by atoms with Gasteiger partial charge in [-0.25, -0.2) is 4.39 Å². The van der Waals surface area contributed by atoms with Crippen LogP contribution < -0.4 is 5.32 Å². The van der Waals surface area contributed by atoms with Crippen molar-refractivity contribution in [2.24, 2.45) is 0 Å². The van der Waals surface area contributed by atoms with E-state index in [0.29, 0.717) is 17.1 Å². The Morgan fingerprint density at radius 3 is 2.50 bits per heavy atom. The van der Waals surface area contributed by atoms with Gasteiger partial charge in [0.25, 0.3) is 0 Å². The summed E-state index contributed by atoms with van der Waals surface area (Å²) in [4.78, 5) is 0. The molecule has 0 aliphatic carbocycles. The van der Waals surface area contributed by atoms with Crippen molar-refractivity contribution in [1.29, 1.82) is 5.26 Å². The van der Waals surface area contributed by atoms with E-state index in [1.807, 2.05) is 13.8 Å². The second-order valence-corrected chi connectivity index (χ2v) is 6.03. The van der Waals surface area contributed by atoms with Crippen molar-refractivity contribution in [2.75, 3.05) is 6.54 Å². The van der Waals surface area contributed by atoms with Crippen molar-refractivity contribution >= 4 is 11.6 Å². The minimum Gasteiger partial charge on any atom is -0.299 e. The summed E-state index contributed by atoms with van der Waals surface area (Å²) in [5.41, 5.74) is -0.522. The van der Waals surface area contributed by atoms with E-state index in [0.717, 1.165) is 0 Å². The molecule has 98 valence electrons. The molecular formula is C14H18ClFN2. The van der Waals surface area contributed by atoms with Crippen LogP contribution in [0.2, 0.25) is 5.02 Å². The summed E-state index contributed by atoms with van der Waals surface area (Å²) < 4.78 is 13.8. The molecule has 0 heterocycles. The summed E-state index contributed by atoms with van der Waals surface area (Å²) in [5, 5.41) is 12.6. The standard InChI is InChI=1S/C14H18ClFN2/c1-13(2,9-18-14(3,4)8-17)11-7-10(15)5-6-12(11)16/h5-7,18H,9H2,1-4H3. The highest BCUT2D eigenvalue weighted by atomic mass is 35.5. The van der Waals surface area contributed by atoms with Crippen LogP contribution in [0.4, 0.5) is 4.39 Å². The van der Waals surface area contributed by atoms with Gasteiger partial charge in [0.2, 0.25) is 0 Å². The Kier molecular flexibility index (Phi) is 4.37. The van der Waals surface area contributed by atoms with Crippen LogP contribution in [0.25, 0.3) is 0 Å². The summed E-state index contributed by atoms with van der Waals surface area (Å²) in [5.74, 6) is -0.277. The molecule has 0 bridgehead atoms. The van der Waals surface area contributed by atoms with E-state index >= 15 is 0 Å². The van der Waals surface area contributed by atoms with E-state index in [1.165, 1.54) is 12.1 Å². The van der Waals surface area contributed by atoms with Crippen LogP contribution in [0.3, 0.4) is 0 Å². The summed E-state index contributed by atoms with van der Waals surface area (Å²) in [6.07, 6.45) is 0. The molecule has 0 aliphatic rings. The smallest absolute Gasteiger partial charge is 0.127 e. The molecule has 0 radical (unpaired) electrons. The molecular weight excluding hydrogens is 251 g/mol. The normalized spacial score (nSPS) is 12.3. The molecule has 1 aromatic rings. The predicted octanol–water partition coefficient (Wildman–Crippen LogP) is 3.65. The van der Waals surface area contributed by atoms with Crippen molar-refractivity contribution in [3.05, 3.63) is 34.6 Å². The van der Waals surface area contributed by atoms with E-state index in [9.17, 15) is 4.39 Å². The number of nitriles is 1. The summed E-state index contributed by atoms with van der Waals surface area (Å²) >= 11 is 5.90. The van der Waals surface area contributed by atoms with Gasteiger partial charge in [0.1, 0.15) is 11.4 Å². The maximum absolute atomic E-state index is 13.8. The van der Waals surface area contributed by atoms with Crippen molar-refractivity contribution in [3.63, 3.8) is 0 Å². The van der Waals surface area contributed by atoms with Crippen molar-refractivity contribution < 1.29 is 4.39 Å². The minimum atomic E-state index is -0.633. The van der Waals surface area contributed by atoms with Gasteiger partial charge in [0.15, 0.2) is 0 Å².